The van der Waals surface area contributed by atoms with E-state index in [4.69, 9.17) is 4.74 Å². The van der Waals surface area contributed by atoms with Crippen molar-refractivity contribution in [3.05, 3.63) is 71.8 Å². The predicted octanol–water partition coefficient (Wildman–Crippen LogP) is 3.83. The molecule has 2 amide bonds. The average molecular weight is 368 g/mol. The fraction of sp³-hybridized carbons (Fsp3) is 0.364. The molecule has 5 heteroatoms. The number of amides is 2. The number of carbonyl (C=O) groups is 2. The van der Waals surface area contributed by atoms with E-state index in [1.165, 1.54) is 0 Å². The van der Waals surface area contributed by atoms with Gasteiger partial charge in [-0.15, -0.1) is 0 Å². The van der Waals surface area contributed by atoms with Gasteiger partial charge in [0.05, 0.1) is 0 Å². The Morgan fingerprint density at radius 3 is 2.04 bits per heavy atom. The van der Waals surface area contributed by atoms with Crippen LogP contribution in [0.25, 0.3) is 0 Å². The van der Waals surface area contributed by atoms with Crippen LogP contribution in [0, 0.1) is 0 Å². The highest BCUT2D eigenvalue weighted by Crippen LogP contribution is 2.09. The second-order valence-electron chi connectivity index (χ2n) is 7.43. The molecule has 0 aliphatic rings. The molecule has 0 saturated heterocycles. The number of benzene rings is 2. The molecule has 0 heterocycles. The van der Waals surface area contributed by atoms with Crippen molar-refractivity contribution in [2.75, 3.05) is 0 Å². The van der Waals surface area contributed by atoms with Gasteiger partial charge >= 0.3 is 6.09 Å². The molecule has 1 atom stereocenters. The summed E-state index contributed by atoms with van der Waals surface area (Å²) >= 11 is 0. The van der Waals surface area contributed by atoms with Gasteiger partial charge in [-0.05, 0) is 44.7 Å². The summed E-state index contributed by atoms with van der Waals surface area (Å²) in [5.74, 6) is -0.222. The molecule has 0 unspecified atom stereocenters. The zero-order chi connectivity index (χ0) is 19.7. The Labute approximate surface area is 161 Å². The van der Waals surface area contributed by atoms with Crippen LogP contribution in [0.3, 0.4) is 0 Å². The maximum atomic E-state index is 12.7. The molecule has 0 spiro atoms. The molecule has 2 aromatic carbocycles. The first kappa shape index (κ1) is 20.5. The Morgan fingerprint density at radius 2 is 1.48 bits per heavy atom. The monoisotopic (exact) mass is 368 g/mol. The summed E-state index contributed by atoms with van der Waals surface area (Å²) in [6, 6.07) is 18.9. The standard InChI is InChI=1S/C22H28N2O3/c1-22(2,3)27-21(26)24-19(15-14-17-10-6-4-7-11-17)20(25)23-16-18-12-8-5-9-13-18/h4-13,19H,14-16H2,1-3H3,(H,23,25)(H,24,26)/t19-/m0/s1. The molecule has 0 bridgehead atoms. The molecule has 27 heavy (non-hydrogen) atoms. The summed E-state index contributed by atoms with van der Waals surface area (Å²) in [4.78, 5) is 24.8. The fourth-order valence-corrected chi connectivity index (χ4v) is 2.58. The lowest BCUT2D eigenvalue weighted by Gasteiger charge is -2.23. The molecular weight excluding hydrogens is 340 g/mol. The van der Waals surface area contributed by atoms with Crippen molar-refractivity contribution < 1.29 is 14.3 Å². The van der Waals surface area contributed by atoms with Crippen LogP contribution in [-0.2, 0) is 22.5 Å². The third-order valence-corrected chi connectivity index (χ3v) is 3.88. The number of aryl methyl sites for hydroxylation is 1. The highest BCUT2D eigenvalue weighted by molar-refractivity contribution is 5.85. The van der Waals surface area contributed by atoms with Crippen LogP contribution >= 0.6 is 0 Å². The third kappa shape index (κ3) is 7.94. The first-order valence-electron chi connectivity index (χ1n) is 9.18. The Hall–Kier alpha value is -2.82. The minimum absolute atomic E-state index is 0.222. The third-order valence-electron chi connectivity index (χ3n) is 3.88. The Balaban J connectivity index is 1.98. The van der Waals surface area contributed by atoms with Crippen LogP contribution in [-0.4, -0.2) is 23.6 Å². The van der Waals surface area contributed by atoms with Crippen molar-refractivity contribution in [1.29, 1.82) is 0 Å². The lowest BCUT2D eigenvalue weighted by atomic mass is 10.0. The molecule has 144 valence electrons. The van der Waals surface area contributed by atoms with Gasteiger partial charge in [-0.25, -0.2) is 4.79 Å². The number of hydrogen-bond acceptors (Lipinski definition) is 3. The van der Waals surface area contributed by atoms with Crippen LogP contribution < -0.4 is 10.6 Å². The van der Waals surface area contributed by atoms with E-state index in [0.717, 1.165) is 11.1 Å². The largest absolute Gasteiger partial charge is 0.444 e. The molecule has 2 rings (SSSR count). The maximum absolute atomic E-state index is 12.7. The zero-order valence-electron chi connectivity index (χ0n) is 16.2. The van der Waals surface area contributed by atoms with Crippen molar-refractivity contribution in [3.8, 4) is 0 Å². The summed E-state index contributed by atoms with van der Waals surface area (Å²) < 4.78 is 5.30. The van der Waals surface area contributed by atoms with Gasteiger partial charge in [0.2, 0.25) is 5.91 Å². The number of ether oxygens (including phenoxy) is 1. The van der Waals surface area contributed by atoms with E-state index in [1.807, 2.05) is 60.7 Å². The number of rotatable bonds is 7. The van der Waals surface area contributed by atoms with Crippen molar-refractivity contribution >= 4 is 12.0 Å². The summed E-state index contributed by atoms with van der Waals surface area (Å²) in [6.45, 7) is 5.79. The van der Waals surface area contributed by atoms with Crippen molar-refractivity contribution in [3.63, 3.8) is 0 Å². The van der Waals surface area contributed by atoms with Crippen molar-refractivity contribution in [1.82, 2.24) is 10.6 Å². The van der Waals surface area contributed by atoms with Crippen LogP contribution in [0.15, 0.2) is 60.7 Å². The highest BCUT2D eigenvalue weighted by Gasteiger charge is 2.24. The van der Waals surface area contributed by atoms with E-state index in [1.54, 1.807) is 20.8 Å². The topological polar surface area (TPSA) is 67.4 Å². The van der Waals surface area contributed by atoms with E-state index in [-0.39, 0.29) is 5.91 Å². The van der Waals surface area contributed by atoms with Gasteiger partial charge in [-0.3, -0.25) is 4.79 Å². The Kier molecular flexibility index (Phi) is 7.41. The molecule has 5 nitrogen and oxygen atoms in total. The molecule has 0 fully saturated rings. The smallest absolute Gasteiger partial charge is 0.408 e. The minimum atomic E-state index is -0.663. The Morgan fingerprint density at radius 1 is 0.926 bits per heavy atom. The first-order chi connectivity index (χ1) is 12.8. The van der Waals surface area contributed by atoms with Crippen molar-refractivity contribution in [2.24, 2.45) is 0 Å². The molecular formula is C22H28N2O3. The second kappa shape index (κ2) is 9.76. The summed E-state index contributed by atoms with van der Waals surface area (Å²) in [7, 11) is 0. The summed E-state index contributed by atoms with van der Waals surface area (Å²) in [5.41, 5.74) is 1.50. The highest BCUT2D eigenvalue weighted by atomic mass is 16.6. The quantitative estimate of drug-likeness (QED) is 0.780. The molecule has 0 aromatic heterocycles. The van der Waals surface area contributed by atoms with Crippen LogP contribution in [0.1, 0.15) is 38.3 Å². The number of carbonyl (C=O) groups excluding carboxylic acids is 2. The molecule has 2 N–H and O–H groups in total. The van der Waals surface area contributed by atoms with Gasteiger partial charge < -0.3 is 15.4 Å². The molecule has 0 radical (unpaired) electrons. The van der Waals surface area contributed by atoms with E-state index in [0.29, 0.717) is 19.4 Å². The normalized spacial score (nSPS) is 12.1. The second-order valence-corrected chi connectivity index (χ2v) is 7.43. The van der Waals surface area contributed by atoms with E-state index >= 15 is 0 Å². The van der Waals surface area contributed by atoms with E-state index < -0.39 is 17.7 Å². The van der Waals surface area contributed by atoms with E-state index in [9.17, 15) is 9.59 Å². The Bertz CT molecular complexity index is 724. The van der Waals surface area contributed by atoms with Gasteiger partial charge in [0, 0.05) is 6.54 Å². The van der Waals surface area contributed by atoms with Gasteiger partial charge in [0.15, 0.2) is 0 Å². The summed E-state index contributed by atoms with van der Waals surface area (Å²) in [5, 5.41) is 5.60. The number of hydrogen-bond donors (Lipinski definition) is 2. The predicted molar refractivity (Wildman–Crippen MR) is 106 cm³/mol. The van der Waals surface area contributed by atoms with Gasteiger partial charge in [-0.1, -0.05) is 60.7 Å². The molecule has 2 aromatic rings. The molecule has 0 aliphatic heterocycles. The molecule has 0 aliphatic carbocycles. The first-order valence-corrected chi connectivity index (χ1v) is 9.18. The van der Waals surface area contributed by atoms with Gasteiger partial charge in [0.25, 0.3) is 0 Å². The maximum Gasteiger partial charge on any atom is 0.408 e. The number of nitrogens with one attached hydrogen (secondary N) is 2. The SMILES string of the molecule is CC(C)(C)OC(=O)N[C@@H](CCc1ccccc1)C(=O)NCc1ccccc1. The average Bonchev–Trinajstić information content (AvgIpc) is 2.63. The minimum Gasteiger partial charge on any atom is -0.444 e. The molecule has 0 saturated carbocycles. The van der Waals surface area contributed by atoms with Gasteiger partial charge in [0.1, 0.15) is 11.6 Å². The van der Waals surface area contributed by atoms with Crippen molar-refractivity contribution in [2.45, 2.75) is 51.8 Å². The lowest BCUT2D eigenvalue weighted by Crippen LogP contribution is -2.48. The van der Waals surface area contributed by atoms with Crippen LogP contribution in [0.2, 0.25) is 0 Å². The lowest BCUT2D eigenvalue weighted by molar-refractivity contribution is -0.123. The fourth-order valence-electron chi connectivity index (χ4n) is 2.58. The van der Waals surface area contributed by atoms with Crippen LogP contribution in [0.5, 0.6) is 0 Å². The van der Waals surface area contributed by atoms with Gasteiger partial charge in [-0.2, -0.15) is 0 Å². The van der Waals surface area contributed by atoms with E-state index in [2.05, 4.69) is 10.6 Å². The summed E-state index contributed by atoms with van der Waals surface area (Å²) in [6.07, 6.45) is 0.583. The van der Waals surface area contributed by atoms with Crippen LogP contribution in [0.4, 0.5) is 4.79 Å². The number of alkyl carbamates (subject to hydrolysis) is 1. The zero-order valence-corrected chi connectivity index (χ0v) is 16.2.